The quantitative estimate of drug-likeness (QED) is 0.714. The predicted octanol–water partition coefficient (Wildman–Crippen LogP) is 3.81. The first-order valence-electron chi connectivity index (χ1n) is 6.34. The first-order valence-corrected chi connectivity index (χ1v) is 6.72. The molecule has 1 unspecified atom stereocenters. The van der Waals surface area contributed by atoms with E-state index in [-0.39, 0.29) is 0 Å². The van der Waals surface area contributed by atoms with Crippen LogP contribution in [0.5, 0.6) is 0 Å². The van der Waals surface area contributed by atoms with Crippen molar-refractivity contribution in [2.45, 2.75) is 32.7 Å². The van der Waals surface area contributed by atoms with E-state index in [9.17, 15) is 0 Å². The van der Waals surface area contributed by atoms with E-state index in [0.717, 1.165) is 37.6 Å². The smallest absolute Gasteiger partial charge is 0.0484 e. The van der Waals surface area contributed by atoms with E-state index in [1.165, 1.54) is 5.56 Å². The van der Waals surface area contributed by atoms with E-state index >= 15 is 0 Å². The number of hydrogen-bond acceptors (Lipinski definition) is 2. The Kier molecular flexibility index (Phi) is 7.25. The van der Waals surface area contributed by atoms with E-state index in [1.54, 1.807) is 0 Å². The molecule has 1 rings (SSSR count). The van der Waals surface area contributed by atoms with Gasteiger partial charge in [0.15, 0.2) is 0 Å². The Hall–Kier alpha value is -0.570. The molecule has 0 heterocycles. The molecule has 0 saturated carbocycles. The Morgan fingerprint density at radius 3 is 2.53 bits per heavy atom. The maximum absolute atomic E-state index is 5.90. The summed E-state index contributed by atoms with van der Waals surface area (Å²) in [7, 11) is 0. The standard InChI is InChI=1S/C14H22ClNO/c1-3-10-16-14(9-11-17-4-2)12-5-7-13(15)8-6-12/h5-8,14,16H,3-4,9-11H2,1-2H3. The summed E-state index contributed by atoms with van der Waals surface area (Å²) in [5.74, 6) is 0. The van der Waals surface area contributed by atoms with Crippen LogP contribution in [0.25, 0.3) is 0 Å². The van der Waals surface area contributed by atoms with Gasteiger partial charge in [-0.15, -0.1) is 0 Å². The highest BCUT2D eigenvalue weighted by molar-refractivity contribution is 6.30. The lowest BCUT2D eigenvalue weighted by molar-refractivity contribution is 0.136. The summed E-state index contributed by atoms with van der Waals surface area (Å²) in [5, 5.41) is 4.33. The van der Waals surface area contributed by atoms with E-state index < -0.39 is 0 Å². The van der Waals surface area contributed by atoms with Crippen LogP contribution in [-0.2, 0) is 4.74 Å². The Labute approximate surface area is 109 Å². The van der Waals surface area contributed by atoms with Crippen LogP contribution >= 0.6 is 11.6 Å². The van der Waals surface area contributed by atoms with Crippen molar-refractivity contribution in [2.75, 3.05) is 19.8 Å². The van der Waals surface area contributed by atoms with Crippen LogP contribution in [0.1, 0.15) is 38.3 Å². The Morgan fingerprint density at radius 1 is 1.24 bits per heavy atom. The van der Waals surface area contributed by atoms with Gasteiger partial charge in [-0.3, -0.25) is 0 Å². The molecule has 1 aromatic rings. The normalized spacial score (nSPS) is 12.6. The van der Waals surface area contributed by atoms with Crippen molar-refractivity contribution in [3.63, 3.8) is 0 Å². The molecule has 0 fully saturated rings. The Morgan fingerprint density at radius 2 is 1.94 bits per heavy atom. The van der Waals surface area contributed by atoms with Gasteiger partial charge in [-0.05, 0) is 44.0 Å². The van der Waals surface area contributed by atoms with E-state index in [1.807, 2.05) is 19.1 Å². The second-order valence-electron chi connectivity index (χ2n) is 4.04. The number of benzene rings is 1. The van der Waals surface area contributed by atoms with Crippen molar-refractivity contribution in [3.05, 3.63) is 34.9 Å². The zero-order chi connectivity index (χ0) is 12.5. The van der Waals surface area contributed by atoms with Gasteiger partial charge in [0.05, 0.1) is 0 Å². The van der Waals surface area contributed by atoms with E-state index in [2.05, 4.69) is 24.4 Å². The van der Waals surface area contributed by atoms with Gasteiger partial charge in [0.25, 0.3) is 0 Å². The van der Waals surface area contributed by atoms with Crippen LogP contribution in [0.15, 0.2) is 24.3 Å². The molecule has 0 radical (unpaired) electrons. The predicted molar refractivity (Wildman–Crippen MR) is 73.6 cm³/mol. The topological polar surface area (TPSA) is 21.3 Å². The molecule has 96 valence electrons. The first kappa shape index (κ1) is 14.5. The summed E-state index contributed by atoms with van der Waals surface area (Å²) in [6, 6.07) is 8.42. The van der Waals surface area contributed by atoms with Gasteiger partial charge >= 0.3 is 0 Å². The van der Waals surface area contributed by atoms with Gasteiger partial charge in [-0.25, -0.2) is 0 Å². The minimum absolute atomic E-state index is 0.360. The van der Waals surface area contributed by atoms with Crippen LogP contribution in [-0.4, -0.2) is 19.8 Å². The van der Waals surface area contributed by atoms with E-state index in [4.69, 9.17) is 16.3 Å². The van der Waals surface area contributed by atoms with Gasteiger partial charge in [0, 0.05) is 24.3 Å². The molecule has 0 aliphatic rings. The second-order valence-corrected chi connectivity index (χ2v) is 4.48. The molecule has 1 N–H and O–H groups in total. The van der Waals surface area contributed by atoms with Crippen LogP contribution in [0.4, 0.5) is 0 Å². The Bertz CT molecular complexity index is 300. The fourth-order valence-electron chi connectivity index (χ4n) is 1.75. The van der Waals surface area contributed by atoms with Gasteiger partial charge in [0.1, 0.15) is 0 Å². The minimum Gasteiger partial charge on any atom is -0.382 e. The van der Waals surface area contributed by atoms with Gasteiger partial charge in [-0.2, -0.15) is 0 Å². The van der Waals surface area contributed by atoms with Crippen molar-refractivity contribution in [1.29, 1.82) is 0 Å². The average molecular weight is 256 g/mol. The van der Waals surface area contributed by atoms with Crippen LogP contribution in [0.2, 0.25) is 5.02 Å². The van der Waals surface area contributed by atoms with Crippen molar-refractivity contribution in [2.24, 2.45) is 0 Å². The summed E-state index contributed by atoms with van der Waals surface area (Å²) >= 11 is 5.90. The van der Waals surface area contributed by atoms with Crippen LogP contribution in [0, 0.1) is 0 Å². The molecule has 1 atom stereocenters. The highest BCUT2D eigenvalue weighted by Gasteiger charge is 2.09. The molecule has 17 heavy (non-hydrogen) atoms. The van der Waals surface area contributed by atoms with Crippen molar-refractivity contribution >= 4 is 11.6 Å². The molecular formula is C14H22ClNO. The molecular weight excluding hydrogens is 234 g/mol. The third-order valence-corrected chi connectivity index (χ3v) is 2.92. The fourth-order valence-corrected chi connectivity index (χ4v) is 1.87. The second kappa shape index (κ2) is 8.51. The molecule has 1 aromatic carbocycles. The van der Waals surface area contributed by atoms with Gasteiger partial charge < -0.3 is 10.1 Å². The number of ether oxygens (including phenoxy) is 1. The van der Waals surface area contributed by atoms with E-state index in [0.29, 0.717) is 6.04 Å². The summed E-state index contributed by atoms with van der Waals surface area (Å²) in [5.41, 5.74) is 1.28. The third-order valence-electron chi connectivity index (χ3n) is 2.67. The highest BCUT2D eigenvalue weighted by atomic mass is 35.5. The number of rotatable bonds is 8. The third kappa shape index (κ3) is 5.53. The zero-order valence-electron chi connectivity index (χ0n) is 10.7. The molecule has 0 aliphatic heterocycles. The minimum atomic E-state index is 0.360. The SMILES string of the molecule is CCCNC(CCOCC)c1ccc(Cl)cc1. The molecule has 0 bridgehead atoms. The number of hydrogen-bond donors (Lipinski definition) is 1. The molecule has 0 amide bonds. The number of halogens is 1. The monoisotopic (exact) mass is 255 g/mol. The Balaban J connectivity index is 2.57. The lowest BCUT2D eigenvalue weighted by Gasteiger charge is -2.19. The fraction of sp³-hybridized carbons (Fsp3) is 0.571. The maximum Gasteiger partial charge on any atom is 0.0484 e. The zero-order valence-corrected chi connectivity index (χ0v) is 11.5. The summed E-state index contributed by atoms with van der Waals surface area (Å²) in [6.07, 6.45) is 2.13. The summed E-state index contributed by atoms with van der Waals surface area (Å²) < 4.78 is 5.42. The van der Waals surface area contributed by atoms with Gasteiger partial charge in [0.2, 0.25) is 0 Å². The largest absolute Gasteiger partial charge is 0.382 e. The van der Waals surface area contributed by atoms with Crippen molar-refractivity contribution in [1.82, 2.24) is 5.32 Å². The lowest BCUT2D eigenvalue weighted by atomic mass is 10.0. The summed E-state index contributed by atoms with van der Waals surface area (Å²) in [6.45, 7) is 6.80. The molecule has 3 heteroatoms. The molecule has 2 nitrogen and oxygen atoms in total. The van der Waals surface area contributed by atoms with Gasteiger partial charge in [-0.1, -0.05) is 30.7 Å². The lowest BCUT2D eigenvalue weighted by Crippen LogP contribution is -2.23. The molecule has 0 aliphatic carbocycles. The first-order chi connectivity index (χ1) is 8.27. The van der Waals surface area contributed by atoms with Crippen LogP contribution < -0.4 is 5.32 Å². The average Bonchev–Trinajstić information content (AvgIpc) is 2.35. The highest BCUT2D eigenvalue weighted by Crippen LogP contribution is 2.19. The molecule has 0 saturated heterocycles. The van der Waals surface area contributed by atoms with Crippen molar-refractivity contribution in [3.8, 4) is 0 Å². The van der Waals surface area contributed by atoms with Crippen molar-refractivity contribution < 1.29 is 4.74 Å². The summed E-state index contributed by atoms with van der Waals surface area (Å²) in [4.78, 5) is 0. The number of nitrogens with one attached hydrogen (secondary N) is 1. The van der Waals surface area contributed by atoms with Crippen LogP contribution in [0.3, 0.4) is 0 Å². The maximum atomic E-state index is 5.90. The molecule has 0 spiro atoms. The molecule has 0 aromatic heterocycles.